The molecule has 3 N–H and O–H groups in total. The summed E-state index contributed by atoms with van der Waals surface area (Å²) in [5, 5.41) is 16.7. The number of hydrogen-bond donors (Lipinski definition) is 3. The highest BCUT2D eigenvalue weighted by molar-refractivity contribution is 6.05. The van der Waals surface area contributed by atoms with Gasteiger partial charge in [0.2, 0.25) is 5.95 Å². The van der Waals surface area contributed by atoms with Gasteiger partial charge in [0.25, 0.3) is 5.91 Å². The van der Waals surface area contributed by atoms with E-state index in [0.29, 0.717) is 23.6 Å². The number of hydrogen-bond acceptors (Lipinski definition) is 6. The molecule has 0 radical (unpaired) electrons. The lowest BCUT2D eigenvalue weighted by Crippen LogP contribution is -2.29. The van der Waals surface area contributed by atoms with Crippen molar-refractivity contribution in [2.24, 2.45) is 0 Å². The third-order valence-electron chi connectivity index (χ3n) is 5.04. The molecule has 0 unspecified atom stereocenters. The Bertz CT molecular complexity index is 955. The zero-order valence-corrected chi connectivity index (χ0v) is 15.5. The molecule has 4 rings (SSSR count). The first-order chi connectivity index (χ1) is 13.7. The van der Waals surface area contributed by atoms with Crippen molar-refractivity contribution in [3.8, 4) is 0 Å². The van der Waals surface area contributed by atoms with Crippen LogP contribution in [0.3, 0.4) is 0 Å². The lowest BCUT2D eigenvalue weighted by molar-refractivity contribution is 0.0952. The van der Waals surface area contributed by atoms with E-state index in [1.165, 1.54) is 0 Å². The van der Waals surface area contributed by atoms with Gasteiger partial charge in [0.1, 0.15) is 0 Å². The van der Waals surface area contributed by atoms with Crippen LogP contribution in [0, 0.1) is 0 Å². The fourth-order valence-corrected chi connectivity index (χ4v) is 3.48. The second-order valence-electron chi connectivity index (χ2n) is 7.09. The number of anilines is 1. The molecule has 0 atom stereocenters. The number of carbonyl (C=O) groups is 1. The lowest BCUT2D eigenvalue weighted by Gasteiger charge is -2.26. The van der Waals surface area contributed by atoms with E-state index in [0.717, 1.165) is 36.8 Å². The summed E-state index contributed by atoms with van der Waals surface area (Å²) in [5.74, 6) is 0.320. The van der Waals surface area contributed by atoms with Crippen molar-refractivity contribution < 1.29 is 9.90 Å². The van der Waals surface area contributed by atoms with Gasteiger partial charge in [0.05, 0.1) is 29.4 Å². The molecule has 2 aromatic heterocycles. The minimum atomic E-state index is -0.204. The summed E-state index contributed by atoms with van der Waals surface area (Å²) in [4.78, 5) is 25.9. The molecule has 0 spiro atoms. The molecular weight excluding hydrogens is 354 g/mol. The number of carbonyl (C=O) groups excluding carboxylic acids is 1. The maximum atomic E-state index is 12.7. The summed E-state index contributed by atoms with van der Waals surface area (Å²) in [6, 6.07) is 11.3. The van der Waals surface area contributed by atoms with Crippen molar-refractivity contribution in [2.75, 3.05) is 5.32 Å². The SMILES string of the molecule is O=C(NCc1ccccn1)c1cccc2cnc(NC3CCC(O)CC3)nc12. The topological polar surface area (TPSA) is 100 Å². The fourth-order valence-electron chi connectivity index (χ4n) is 3.48. The normalized spacial score (nSPS) is 19.3. The molecule has 1 fully saturated rings. The van der Waals surface area contributed by atoms with E-state index in [2.05, 4.69) is 25.6 Å². The molecule has 0 saturated heterocycles. The number of benzene rings is 1. The first-order valence-corrected chi connectivity index (χ1v) is 9.57. The Morgan fingerprint density at radius 2 is 1.93 bits per heavy atom. The number of rotatable bonds is 5. The molecule has 1 aromatic carbocycles. The van der Waals surface area contributed by atoms with Crippen molar-refractivity contribution in [2.45, 2.75) is 44.4 Å². The summed E-state index contributed by atoms with van der Waals surface area (Å²) in [6.45, 7) is 0.358. The number of fused-ring (bicyclic) bond motifs is 1. The zero-order chi connectivity index (χ0) is 19.3. The predicted octanol–water partition coefficient (Wildman–Crippen LogP) is 2.67. The van der Waals surface area contributed by atoms with E-state index in [-0.39, 0.29) is 18.1 Å². The van der Waals surface area contributed by atoms with Crippen LogP contribution in [0.25, 0.3) is 10.9 Å². The Morgan fingerprint density at radius 1 is 1.07 bits per heavy atom. The fraction of sp³-hybridized carbons (Fsp3) is 0.333. The van der Waals surface area contributed by atoms with E-state index in [1.807, 2.05) is 30.3 Å². The van der Waals surface area contributed by atoms with E-state index in [4.69, 9.17) is 0 Å². The van der Waals surface area contributed by atoms with E-state index in [9.17, 15) is 9.90 Å². The molecule has 1 saturated carbocycles. The standard InChI is InChI=1S/C21H23N5O2/c27-17-9-7-15(8-10-17)25-21-24-12-14-4-3-6-18(19(14)26-21)20(28)23-13-16-5-1-2-11-22-16/h1-6,11-12,15,17,27H,7-10,13H2,(H,23,28)(H,24,25,26). The van der Waals surface area contributed by atoms with E-state index >= 15 is 0 Å². The van der Waals surface area contributed by atoms with Crippen molar-refractivity contribution in [1.29, 1.82) is 0 Å². The van der Waals surface area contributed by atoms with Crippen molar-refractivity contribution >= 4 is 22.8 Å². The molecule has 28 heavy (non-hydrogen) atoms. The highest BCUT2D eigenvalue weighted by Gasteiger charge is 2.20. The number of pyridine rings is 1. The van der Waals surface area contributed by atoms with Crippen LogP contribution in [-0.2, 0) is 6.54 Å². The van der Waals surface area contributed by atoms with Gasteiger partial charge in [0.15, 0.2) is 0 Å². The smallest absolute Gasteiger partial charge is 0.253 e. The molecule has 2 heterocycles. The molecule has 1 aliphatic rings. The van der Waals surface area contributed by atoms with Crippen LogP contribution in [0.1, 0.15) is 41.7 Å². The third-order valence-corrected chi connectivity index (χ3v) is 5.04. The number of aliphatic hydroxyl groups is 1. The van der Waals surface area contributed by atoms with Gasteiger partial charge < -0.3 is 15.7 Å². The third kappa shape index (κ3) is 4.26. The Labute approximate surface area is 163 Å². The quantitative estimate of drug-likeness (QED) is 0.632. The maximum absolute atomic E-state index is 12.7. The number of nitrogens with one attached hydrogen (secondary N) is 2. The summed E-state index contributed by atoms with van der Waals surface area (Å²) in [7, 11) is 0. The number of amides is 1. The van der Waals surface area contributed by atoms with Crippen LogP contribution in [-0.4, -0.2) is 38.1 Å². The van der Waals surface area contributed by atoms with Crippen LogP contribution >= 0.6 is 0 Å². The Morgan fingerprint density at radius 3 is 2.71 bits per heavy atom. The van der Waals surface area contributed by atoms with Gasteiger partial charge in [-0.25, -0.2) is 9.97 Å². The first kappa shape index (κ1) is 18.3. The van der Waals surface area contributed by atoms with Crippen molar-refractivity contribution in [3.63, 3.8) is 0 Å². The predicted molar refractivity (Wildman–Crippen MR) is 107 cm³/mol. The minimum Gasteiger partial charge on any atom is -0.393 e. The second kappa shape index (κ2) is 8.31. The summed E-state index contributed by atoms with van der Waals surface area (Å²) in [5.41, 5.74) is 1.93. The number of nitrogens with zero attached hydrogens (tertiary/aromatic N) is 3. The monoisotopic (exact) mass is 377 g/mol. The van der Waals surface area contributed by atoms with Crippen LogP contribution < -0.4 is 10.6 Å². The largest absolute Gasteiger partial charge is 0.393 e. The van der Waals surface area contributed by atoms with Crippen molar-refractivity contribution in [1.82, 2.24) is 20.3 Å². The highest BCUT2D eigenvalue weighted by Crippen LogP contribution is 2.22. The average molecular weight is 377 g/mol. The van der Waals surface area contributed by atoms with Gasteiger partial charge >= 0.3 is 0 Å². The summed E-state index contributed by atoms with van der Waals surface area (Å²) >= 11 is 0. The molecule has 1 amide bonds. The Hall–Kier alpha value is -3.06. The molecule has 3 aromatic rings. The number of aromatic nitrogens is 3. The van der Waals surface area contributed by atoms with Gasteiger partial charge in [-0.2, -0.15) is 0 Å². The van der Waals surface area contributed by atoms with Gasteiger partial charge in [-0.1, -0.05) is 18.2 Å². The Balaban J connectivity index is 1.52. The average Bonchev–Trinajstić information content (AvgIpc) is 2.74. The molecule has 7 nitrogen and oxygen atoms in total. The van der Waals surface area contributed by atoms with Crippen LogP contribution in [0.2, 0.25) is 0 Å². The van der Waals surface area contributed by atoms with E-state index < -0.39 is 0 Å². The number of aliphatic hydroxyl groups excluding tert-OH is 1. The molecule has 7 heteroatoms. The van der Waals surface area contributed by atoms with Crippen LogP contribution in [0.15, 0.2) is 48.8 Å². The molecule has 1 aliphatic carbocycles. The maximum Gasteiger partial charge on any atom is 0.253 e. The molecule has 0 bridgehead atoms. The minimum absolute atomic E-state index is 0.193. The van der Waals surface area contributed by atoms with Gasteiger partial charge in [-0.05, 0) is 43.9 Å². The highest BCUT2D eigenvalue weighted by atomic mass is 16.3. The first-order valence-electron chi connectivity index (χ1n) is 9.57. The summed E-state index contributed by atoms with van der Waals surface area (Å²) < 4.78 is 0. The van der Waals surface area contributed by atoms with Crippen molar-refractivity contribution in [3.05, 3.63) is 60.0 Å². The van der Waals surface area contributed by atoms with Crippen LogP contribution in [0.4, 0.5) is 5.95 Å². The van der Waals surface area contributed by atoms with Crippen LogP contribution in [0.5, 0.6) is 0 Å². The van der Waals surface area contributed by atoms with Gasteiger partial charge in [-0.15, -0.1) is 0 Å². The second-order valence-corrected chi connectivity index (χ2v) is 7.09. The number of para-hydroxylation sites is 1. The van der Waals surface area contributed by atoms with Gasteiger partial charge in [-0.3, -0.25) is 9.78 Å². The molecule has 144 valence electrons. The Kier molecular flexibility index (Phi) is 5.43. The zero-order valence-electron chi connectivity index (χ0n) is 15.5. The van der Waals surface area contributed by atoms with E-state index in [1.54, 1.807) is 18.5 Å². The molecule has 0 aliphatic heterocycles. The summed E-state index contributed by atoms with van der Waals surface area (Å²) in [6.07, 6.45) is 6.57. The lowest BCUT2D eigenvalue weighted by atomic mass is 9.93. The molecular formula is C21H23N5O2. The van der Waals surface area contributed by atoms with Gasteiger partial charge in [0, 0.05) is 23.8 Å².